The molecule has 0 unspecified atom stereocenters. The summed E-state index contributed by atoms with van der Waals surface area (Å²) in [6.45, 7) is 9.05. The molecule has 0 spiro atoms. The zero-order chi connectivity index (χ0) is 40.0. The summed E-state index contributed by atoms with van der Waals surface area (Å²) in [5.41, 5.74) is 11.8. The van der Waals surface area contributed by atoms with Gasteiger partial charge >= 0.3 is 0 Å². The Morgan fingerprint density at radius 2 is 0.877 bits per heavy atom. The third-order valence-electron chi connectivity index (χ3n) is 13.5. The van der Waals surface area contributed by atoms with E-state index in [9.17, 15) is 10.5 Å². The molecule has 300 valence electrons. The highest BCUT2D eigenvalue weighted by molar-refractivity contribution is 7.99. The second-order valence-electron chi connectivity index (χ2n) is 17.5. The van der Waals surface area contributed by atoms with Crippen LogP contribution in [-0.4, -0.2) is 0 Å². The van der Waals surface area contributed by atoms with Crippen molar-refractivity contribution in [3.63, 3.8) is 0 Å². The molecule has 0 N–H and O–H groups in total. The molecule has 0 atom stereocenters. The molecule has 4 aromatic carbocycles. The Morgan fingerprint density at radius 1 is 0.491 bits per heavy atom. The van der Waals surface area contributed by atoms with E-state index in [4.69, 9.17) is 0 Å². The maximum atomic E-state index is 10.8. The van der Waals surface area contributed by atoms with Crippen LogP contribution in [0.15, 0.2) is 82.6 Å². The van der Waals surface area contributed by atoms with Crippen molar-refractivity contribution in [2.24, 2.45) is 11.8 Å². The lowest BCUT2D eigenvalue weighted by Gasteiger charge is -2.29. The molecule has 4 aromatic rings. The highest BCUT2D eigenvalue weighted by Gasteiger charge is 2.24. The van der Waals surface area contributed by atoms with Gasteiger partial charge in [-0.1, -0.05) is 151 Å². The fourth-order valence-corrected chi connectivity index (χ4v) is 11.1. The van der Waals surface area contributed by atoms with E-state index >= 15 is 0 Å². The second kappa shape index (κ2) is 21.8. The average molecular weight is 777 g/mol. The lowest BCUT2D eigenvalue weighted by molar-refractivity contribution is 0.304. The minimum atomic E-state index is 0.675. The molecule has 2 aliphatic carbocycles. The van der Waals surface area contributed by atoms with E-state index < -0.39 is 0 Å². The Labute approximate surface area is 350 Å². The Morgan fingerprint density at radius 3 is 1.21 bits per heavy atom. The second-order valence-corrected chi connectivity index (χ2v) is 18.6. The summed E-state index contributed by atoms with van der Waals surface area (Å²) in [7, 11) is 0. The highest BCUT2D eigenvalue weighted by Crippen LogP contribution is 2.41. The number of nitrogens with zero attached hydrogens (tertiary/aromatic N) is 2. The van der Waals surface area contributed by atoms with Crippen LogP contribution in [-0.2, 0) is 25.7 Å². The van der Waals surface area contributed by atoms with Crippen molar-refractivity contribution in [1.82, 2.24) is 0 Å². The van der Waals surface area contributed by atoms with Gasteiger partial charge in [0.2, 0.25) is 0 Å². The number of hydrogen-bond acceptors (Lipinski definition) is 3. The largest absolute Gasteiger partial charge is 0.192 e. The molecule has 0 saturated heterocycles. The molecule has 0 heterocycles. The van der Waals surface area contributed by atoms with Gasteiger partial charge in [-0.2, -0.15) is 10.5 Å². The van der Waals surface area contributed by atoms with E-state index in [0.29, 0.717) is 11.8 Å². The summed E-state index contributed by atoms with van der Waals surface area (Å²) in [5.74, 6) is 3.19. The molecular weight excluding hydrogens is 709 g/mol. The fourth-order valence-electron chi connectivity index (χ4n) is 10.1. The Bertz CT molecular complexity index is 1800. The quantitative estimate of drug-likeness (QED) is 0.101. The molecular formula is C54H68N2S. The number of unbranched alkanes of at least 4 members (excludes halogenated alkanes) is 2. The summed E-state index contributed by atoms with van der Waals surface area (Å²) in [6, 6.07) is 32.8. The van der Waals surface area contributed by atoms with Crippen LogP contribution in [0.3, 0.4) is 0 Å². The van der Waals surface area contributed by atoms with Crippen LogP contribution in [0.25, 0.3) is 0 Å². The zero-order valence-corrected chi connectivity index (χ0v) is 36.5. The lowest BCUT2D eigenvalue weighted by Crippen LogP contribution is -2.13. The highest BCUT2D eigenvalue weighted by atomic mass is 32.2. The third kappa shape index (κ3) is 11.2. The number of aryl methyl sites for hydroxylation is 2. The summed E-state index contributed by atoms with van der Waals surface area (Å²) < 4.78 is 0. The monoisotopic (exact) mass is 777 g/mol. The minimum Gasteiger partial charge on any atom is -0.192 e. The van der Waals surface area contributed by atoms with Crippen LogP contribution in [0.1, 0.15) is 198 Å². The van der Waals surface area contributed by atoms with Crippen LogP contribution >= 0.6 is 11.8 Å². The molecule has 6 rings (SSSR count). The first kappa shape index (κ1) is 42.8. The normalized spacial score (nSPS) is 19.5. The lowest BCUT2D eigenvalue weighted by atomic mass is 9.77. The molecule has 57 heavy (non-hydrogen) atoms. The first-order chi connectivity index (χ1) is 28.0. The minimum absolute atomic E-state index is 0.675. The molecule has 0 radical (unpaired) electrons. The van der Waals surface area contributed by atoms with Crippen molar-refractivity contribution in [2.75, 3.05) is 0 Å². The van der Waals surface area contributed by atoms with Gasteiger partial charge < -0.3 is 0 Å². The van der Waals surface area contributed by atoms with Gasteiger partial charge in [0.05, 0.1) is 11.1 Å². The van der Waals surface area contributed by atoms with E-state index in [1.54, 1.807) is 11.8 Å². The van der Waals surface area contributed by atoms with Crippen LogP contribution in [0, 0.1) is 34.5 Å². The first-order valence-corrected chi connectivity index (χ1v) is 23.7. The van der Waals surface area contributed by atoms with E-state index in [1.807, 2.05) is 0 Å². The van der Waals surface area contributed by atoms with Gasteiger partial charge in [0.25, 0.3) is 0 Å². The molecule has 0 amide bonds. The Balaban J connectivity index is 1.21. The van der Waals surface area contributed by atoms with Gasteiger partial charge in [0.15, 0.2) is 0 Å². The molecule has 0 bridgehead atoms. The molecule has 3 heteroatoms. The number of nitriles is 2. The van der Waals surface area contributed by atoms with Crippen LogP contribution in [0.5, 0.6) is 0 Å². The topological polar surface area (TPSA) is 47.6 Å². The van der Waals surface area contributed by atoms with Gasteiger partial charge in [-0.3, -0.25) is 0 Å². The van der Waals surface area contributed by atoms with Crippen LogP contribution < -0.4 is 0 Å². The molecule has 2 nitrogen and oxygen atoms in total. The van der Waals surface area contributed by atoms with Crippen molar-refractivity contribution < 1.29 is 0 Å². The van der Waals surface area contributed by atoms with Crippen molar-refractivity contribution in [2.45, 2.75) is 178 Å². The number of hydrogen-bond donors (Lipinski definition) is 0. The van der Waals surface area contributed by atoms with Crippen LogP contribution in [0.2, 0.25) is 0 Å². The van der Waals surface area contributed by atoms with E-state index in [0.717, 1.165) is 82.4 Å². The van der Waals surface area contributed by atoms with E-state index in [2.05, 4.69) is 113 Å². The third-order valence-corrected chi connectivity index (χ3v) is 14.6. The molecule has 0 aliphatic heterocycles. The number of benzene rings is 4. The maximum Gasteiger partial charge on any atom is 0.101 e. The summed E-state index contributed by atoms with van der Waals surface area (Å²) in [6.07, 6.45) is 24.3. The SMILES string of the molecule is CCCCC1CCC(c2ccc(Cc3c(CCC)ccc(Sc4ccc(CCC)c(Cc5ccc(C6CCC(CCCC)CC6)cc5)c4C#N)c3C#N)cc2)CC1. The van der Waals surface area contributed by atoms with Gasteiger partial charge in [-0.15, -0.1) is 0 Å². The standard InChI is InChI=1S/C54H68N2S/c1-5-9-13-39-15-23-43(24-16-39)45-27-19-41(20-28-45)35-49-47(11-7-3)31-33-53(51(49)37-55)57-54-34-32-48(12-8-4)50(52(54)38-56)36-42-21-29-46(30-22-42)44-25-17-40(18-26-44)14-10-6-2/h19-22,27-34,39-40,43-44H,5-18,23-26,35-36H2,1-4H3. The zero-order valence-electron chi connectivity index (χ0n) is 35.7. The van der Waals surface area contributed by atoms with Crippen molar-refractivity contribution in [3.05, 3.63) is 128 Å². The van der Waals surface area contributed by atoms with Gasteiger partial charge in [-0.05, 0) is 157 Å². The average Bonchev–Trinajstić information content (AvgIpc) is 3.25. The predicted octanol–water partition coefficient (Wildman–Crippen LogP) is 15.6. The smallest absolute Gasteiger partial charge is 0.101 e. The van der Waals surface area contributed by atoms with Gasteiger partial charge in [0, 0.05) is 9.79 Å². The van der Waals surface area contributed by atoms with Gasteiger partial charge in [0.1, 0.15) is 12.1 Å². The van der Waals surface area contributed by atoms with Crippen molar-refractivity contribution in [3.8, 4) is 12.1 Å². The number of rotatable bonds is 18. The Hall–Kier alpha value is -3.79. The predicted molar refractivity (Wildman–Crippen MR) is 241 cm³/mol. The Kier molecular flexibility index (Phi) is 16.4. The van der Waals surface area contributed by atoms with E-state index in [1.165, 1.54) is 123 Å². The maximum absolute atomic E-state index is 10.8. The molecule has 2 fully saturated rings. The van der Waals surface area contributed by atoms with E-state index in [-0.39, 0.29) is 0 Å². The first-order valence-electron chi connectivity index (χ1n) is 22.9. The molecule has 0 aromatic heterocycles. The molecule has 2 saturated carbocycles. The van der Waals surface area contributed by atoms with Crippen LogP contribution in [0.4, 0.5) is 0 Å². The van der Waals surface area contributed by atoms with Crippen molar-refractivity contribution in [1.29, 1.82) is 10.5 Å². The summed E-state index contributed by atoms with van der Waals surface area (Å²) >= 11 is 1.60. The fraction of sp³-hybridized carbons (Fsp3) is 0.519. The molecule has 2 aliphatic rings. The summed E-state index contributed by atoms with van der Waals surface area (Å²) in [5, 5.41) is 21.5. The summed E-state index contributed by atoms with van der Waals surface area (Å²) in [4.78, 5) is 1.89. The van der Waals surface area contributed by atoms with Gasteiger partial charge in [-0.25, -0.2) is 0 Å². The van der Waals surface area contributed by atoms with Crippen molar-refractivity contribution >= 4 is 11.8 Å².